The highest BCUT2D eigenvalue weighted by atomic mass is 14.7. The highest BCUT2D eigenvalue weighted by molar-refractivity contribution is 5.17. The first-order valence-electron chi connectivity index (χ1n) is 6.71. The topological polar surface area (TPSA) is 26.0 Å². The molecule has 0 spiro atoms. The molecule has 94 valence electrons. The zero-order valence-corrected chi connectivity index (χ0v) is 11.4. The Hall–Kier alpha value is -0.820. The molecule has 1 aliphatic carbocycles. The van der Waals surface area contributed by atoms with E-state index >= 15 is 0 Å². The fourth-order valence-corrected chi connectivity index (χ4v) is 4.05. The van der Waals surface area contributed by atoms with Gasteiger partial charge in [0.1, 0.15) is 0 Å². The third-order valence-corrected chi connectivity index (χ3v) is 3.96. The van der Waals surface area contributed by atoms with Crippen molar-refractivity contribution in [1.29, 1.82) is 0 Å². The monoisotopic (exact) mass is 231 g/mol. The summed E-state index contributed by atoms with van der Waals surface area (Å²) in [5.74, 6) is 0.743. The SMILES string of the molecule is CC1CC(C)(N)CC(C)(Cc2ccccc2)C1. The predicted molar refractivity (Wildman–Crippen MR) is 73.9 cm³/mol. The molecule has 0 aliphatic heterocycles. The van der Waals surface area contributed by atoms with E-state index in [9.17, 15) is 0 Å². The molecule has 0 bridgehead atoms. The number of benzene rings is 1. The second-order valence-electron chi connectivity index (χ2n) is 6.82. The molecule has 0 radical (unpaired) electrons. The van der Waals surface area contributed by atoms with E-state index in [0.717, 1.165) is 25.2 Å². The highest BCUT2D eigenvalue weighted by Crippen LogP contribution is 2.44. The van der Waals surface area contributed by atoms with Crippen LogP contribution >= 0.6 is 0 Å². The van der Waals surface area contributed by atoms with Gasteiger partial charge in [-0.05, 0) is 49.5 Å². The van der Waals surface area contributed by atoms with E-state index in [-0.39, 0.29) is 5.54 Å². The molecule has 1 aliphatic rings. The fourth-order valence-electron chi connectivity index (χ4n) is 4.05. The maximum absolute atomic E-state index is 6.40. The molecule has 1 heteroatoms. The Labute approximate surface area is 105 Å². The van der Waals surface area contributed by atoms with Gasteiger partial charge in [-0.1, -0.05) is 44.2 Å². The summed E-state index contributed by atoms with van der Waals surface area (Å²) in [6, 6.07) is 10.8. The summed E-state index contributed by atoms with van der Waals surface area (Å²) in [7, 11) is 0. The lowest BCUT2D eigenvalue weighted by Gasteiger charge is -2.46. The summed E-state index contributed by atoms with van der Waals surface area (Å²) in [6.07, 6.45) is 4.76. The summed E-state index contributed by atoms with van der Waals surface area (Å²) in [6.45, 7) is 6.96. The van der Waals surface area contributed by atoms with Crippen LogP contribution in [0.15, 0.2) is 30.3 Å². The van der Waals surface area contributed by atoms with E-state index < -0.39 is 0 Å². The molecule has 0 heterocycles. The average molecular weight is 231 g/mol. The van der Waals surface area contributed by atoms with Gasteiger partial charge in [-0.2, -0.15) is 0 Å². The molecular formula is C16H25N. The van der Waals surface area contributed by atoms with Gasteiger partial charge in [0.15, 0.2) is 0 Å². The molecule has 2 N–H and O–H groups in total. The van der Waals surface area contributed by atoms with E-state index in [2.05, 4.69) is 51.1 Å². The van der Waals surface area contributed by atoms with E-state index in [1.54, 1.807) is 0 Å². The van der Waals surface area contributed by atoms with Crippen LogP contribution in [0.2, 0.25) is 0 Å². The first-order chi connectivity index (χ1) is 7.89. The molecule has 3 unspecified atom stereocenters. The number of hydrogen-bond donors (Lipinski definition) is 1. The first-order valence-corrected chi connectivity index (χ1v) is 6.71. The van der Waals surface area contributed by atoms with Crippen molar-refractivity contribution in [3.05, 3.63) is 35.9 Å². The molecule has 0 saturated heterocycles. The van der Waals surface area contributed by atoms with Crippen LogP contribution < -0.4 is 5.73 Å². The molecule has 1 aromatic rings. The van der Waals surface area contributed by atoms with Crippen molar-refractivity contribution in [3.8, 4) is 0 Å². The molecule has 1 fully saturated rings. The second kappa shape index (κ2) is 4.45. The van der Waals surface area contributed by atoms with Crippen molar-refractivity contribution in [1.82, 2.24) is 0 Å². The Morgan fingerprint density at radius 2 is 1.82 bits per heavy atom. The zero-order chi connectivity index (χ0) is 12.5. The quantitative estimate of drug-likeness (QED) is 0.823. The van der Waals surface area contributed by atoms with Crippen LogP contribution in [-0.4, -0.2) is 5.54 Å². The predicted octanol–water partition coefficient (Wildman–Crippen LogP) is 3.77. The van der Waals surface area contributed by atoms with Crippen LogP contribution in [0.5, 0.6) is 0 Å². The van der Waals surface area contributed by atoms with Crippen LogP contribution in [0.25, 0.3) is 0 Å². The highest BCUT2D eigenvalue weighted by Gasteiger charge is 2.39. The largest absolute Gasteiger partial charge is 0.325 e. The van der Waals surface area contributed by atoms with Gasteiger partial charge < -0.3 is 5.73 Å². The summed E-state index contributed by atoms with van der Waals surface area (Å²) in [5.41, 5.74) is 8.22. The van der Waals surface area contributed by atoms with Crippen LogP contribution in [0.1, 0.15) is 45.6 Å². The van der Waals surface area contributed by atoms with Crippen LogP contribution in [-0.2, 0) is 6.42 Å². The van der Waals surface area contributed by atoms with Crippen LogP contribution in [0.3, 0.4) is 0 Å². The van der Waals surface area contributed by atoms with Crippen molar-refractivity contribution in [2.24, 2.45) is 17.1 Å². The molecule has 1 aromatic carbocycles. The molecule has 17 heavy (non-hydrogen) atoms. The molecule has 0 aromatic heterocycles. The third-order valence-electron chi connectivity index (χ3n) is 3.96. The third kappa shape index (κ3) is 3.32. The molecule has 2 rings (SSSR count). The van der Waals surface area contributed by atoms with Gasteiger partial charge in [0.2, 0.25) is 0 Å². The normalized spacial score (nSPS) is 38.0. The lowest BCUT2D eigenvalue weighted by molar-refractivity contribution is 0.102. The lowest BCUT2D eigenvalue weighted by atomic mass is 9.62. The molecule has 3 atom stereocenters. The summed E-state index contributed by atoms with van der Waals surface area (Å²) < 4.78 is 0. The van der Waals surface area contributed by atoms with Crippen molar-refractivity contribution in [2.45, 2.75) is 52.0 Å². The van der Waals surface area contributed by atoms with Gasteiger partial charge in [-0.15, -0.1) is 0 Å². The minimum atomic E-state index is 0.0151. The average Bonchev–Trinajstić information content (AvgIpc) is 2.13. The maximum atomic E-state index is 6.40. The minimum absolute atomic E-state index is 0.0151. The van der Waals surface area contributed by atoms with Crippen molar-refractivity contribution >= 4 is 0 Å². The minimum Gasteiger partial charge on any atom is -0.325 e. The Morgan fingerprint density at radius 1 is 1.18 bits per heavy atom. The second-order valence-corrected chi connectivity index (χ2v) is 6.82. The Morgan fingerprint density at radius 3 is 2.41 bits per heavy atom. The van der Waals surface area contributed by atoms with E-state index in [1.165, 1.54) is 12.0 Å². The first kappa shape index (κ1) is 12.6. The van der Waals surface area contributed by atoms with Crippen LogP contribution in [0.4, 0.5) is 0 Å². The summed E-state index contributed by atoms with van der Waals surface area (Å²) >= 11 is 0. The Balaban J connectivity index is 2.13. The van der Waals surface area contributed by atoms with E-state index in [1.807, 2.05) is 0 Å². The van der Waals surface area contributed by atoms with Crippen LogP contribution in [0, 0.1) is 11.3 Å². The van der Waals surface area contributed by atoms with Gasteiger partial charge in [-0.3, -0.25) is 0 Å². The van der Waals surface area contributed by atoms with Crippen molar-refractivity contribution < 1.29 is 0 Å². The Bertz CT molecular complexity index is 368. The molecule has 1 saturated carbocycles. The number of hydrogen-bond acceptors (Lipinski definition) is 1. The summed E-state index contributed by atoms with van der Waals surface area (Å²) in [4.78, 5) is 0. The van der Waals surface area contributed by atoms with Gasteiger partial charge in [0.05, 0.1) is 0 Å². The van der Waals surface area contributed by atoms with Gasteiger partial charge in [0, 0.05) is 5.54 Å². The van der Waals surface area contributed by atoms with Gasteiger partial charge in [-0.25, -0.2) is 0 Å². The van der Waals surface area contributed by atoms with E-state index in [0.29, 0.717) is 5.41 Å². The maximum Gasteiger partial charge on any atom is 0.0133 e. The molecule has 1 nitrogen and oxygen atoms in total. The fraction of sp³-hybridized carbons (Fsp3) is 0.625. The smallest absolute Gasteiger partial charge is 0.0133 e. The number of nitrogens with two attached hydrogens (primary N) is 1. The molecular weight excluding hydrogens is 206 g/mol. The zero-order valence-electron chi connectivity index (χ0n) is 11.4. The standard InChI is InChI=1S/C16H25N/c1-13-9-15(2,12-16(3,17)10-13)11-14-7-5-4-6-8-14/h4-8,13H,9-12,17H2,1-3H3. The number of rotatable bonds is 2. The van der Waals surface area contributed by atoms with Gasteiger partial charge >= 0.3 is 0 Å². The van der Waals surface area contributed by atoms with Crippen molar-refractivity contribution in [3.63, 3.8) is 0 Å². The Kier molecular flexibility index (Phi) is 3.31. The molecule has 0 amide bonds. The lowest BCUT2D eigenvalue weighted by Crippen LogP contribution is -2.48. The van der Waals surface area contributed by atoms with Crippen molar-refractivity contribution in [2.75, 3.05) is 0 Å². The van der Waals surface area contributed by atoms with Gasteiger partial charge in [0.25, 0.3) is 0 Å². The summed E-state index contributed by atoms with van der Waals surface area (Å²) in [5, 5.41) is 0. The van der Waals surface area contributed by atoms with E-state index in [4.69, 9.17) is 5.73 Å².